The van der Waals surface area contributed by atoms with Crippen LogP contribution in [0.2, 0.25) is 0 Å². The van der Waals surface area contributed by atoms with Gasteiger partial charge in [0.05, 0.1) is 5.69 Å². The molecule has 1 aliphatic heterocycles. The van der Waals surface area contributed by atoms with Crippen molar-refractivity contribution < 1.29 is 13.2 Å². The third kappa shape index (κ3) is 2.14. The molecule has 16 heavy (non-hydrogen) atoms. The van der Waals surface area contributed by atoms with Crippen molar-refractivity contribution >= 4 is 15.7 Å². The topological polar surface area (TPSA) is 55.4 Å². The number of benzene rings is 1. The van der Waals surface area contributed by atoms with Crippen molar-refractivity contribution in [1.82, 2.24) is 0 Å². The molecular weight excluding hydrogens is 226 g/mol. The lowest BCUT2D eigenvalue weighted by atomic mass is 10.2. The zero-order chi connectivity index (χ0) is 11.6. The van der Waals surface area contributed by atoms with E-state index >= 15 is 0 Å². The predicted octanol–water partition coefficient (Wildman–Crippen LogP) is 2.34. The van der Waals surface area contributed by atoms with E-state index in [4.69, 9.17) is 4.74 Å². The summed E-state index contributed by atoms with van der Waals surface area (Å²) in [6, 6.07) is 7.07. The highest BCUT2D eigenvalue weighted by molar-refractivity contribution is 7.93. The molecular formula is C11H15NO3S. The second-order valence-electron chi connectivity index (χ2n) is 3.83. The Labute approximate surface area is 95.7 Å². The highest BCUT2D eigenvalue weighted by Crippen LogP contribution is 2.33. The Kier molecular flexibility index (Phi) is 3.05. The lowest BCUT2D eigenvalue weighted by Crippen LogP contribution is -2.36. The van der Waals surface area contributed by atoms with Gasteiger partial charge in [-0.1, -0.05) is 25.5 Å². The van der Waals surface area contributed by atoms with Crippen LogP contribution in [0.5, 0.6) is 5.75 Å². The number of nitrogens with one attached hydrogen (secondary N) is 1. The number of hydrogen-bond acceptors (Lipinski definition) is 3. The average Bonchev–Trinajstić information content (AvgIpc) is 2.25. The van der Waals surface area contributed by atoms with Gasteiger partial charge < -0.3 is 4.74 Å². The summed E-state index contributed by atoms with van der Waals surface area (Å²) >= 11 is 0. The summed E-state index contributed by atoms with van der Waals surface area (Å²) in [4.78, 5) is 0. The van der Waals surface area contributed by atoms with Crippen LogP contribution in [0.4, 0.5) is 5.69 Å². The SMILES string of the molecule is CCCCC1Oc2ccccc2NS1(=O)=O. The number of unbranched alkanes of at least 4 members (excludes halogenated alkanes) is 1. The minimum Gasteiger partial charge on any atom is -0.470 e. The maximum Gasteiger partial charge on any atom is 0.271 e. The van der Waals surface area contributed by atoms with Gasteiger partial charge in [-0.3, -0.25) is 4.72 Å². The van der Waals surface area contributed by atoms with Crippen LogP contribution in [0.1, 0.15) is 26.2 Å². The molecule has 1 atom stereocenters. The van der Waals surface area contributed by atoms with Gasteiger partial charge in [-0.25, -0.2) is 8.42 Å². The molecule has 0 fully saturated rings. The molecule has 1 unspecified atom stereocenters. The smallest absolute Gasteiger partial charge is 0.271 e. The Balaban J connectivity index is 2.25. The minimum absolute atomic E-state index is 0.523. The van der Waals surface area contributed by atoms with Gasteiger partial charge in [-0.15, -0.1) is 0 Å². The molecule has 1 aromatic rings. The Morgan fingerprint density at radius 3 is 2.88 bits per heavy atom. The summed E-state index contributed by atoms with van der Waals surface area (Å²) in [6.45, 7) is 2.02. The van der Waals surface area contributed by atoms with Gasteiger partial charge in [0.1, 0.15) is 5.75 Å². The molecule has 0 bridgehead atoms. The van der Waals surface area contributed by atoms with Crippen LogP contribution in [-0.4, -0.2) is 13.9 Å². The van der Waals surface area contributed by atoms with Gasteiger partial charge in [-0.05, 0) is 18.6 Å². The molecule has 0 spiro atoms. The minimum atomic E-state index is -3.38. The summed E-state index contributed by atoms with van der Waals surface area (Å²) in [6.07, 6.45) is 2.32. The second kappa shape index (κ2) is 4.33. The monoisotopic (exact) mass is 241 g/mol. The van der Waals surface area contributed by atoms with E-state index in [1.54, 1.807) is 18.2 Å². The van der Waals surface area contributed by atoms with Crippen molar-refractivity contribution in [2.75, 3.05) is 4.72 Å². The first-order valence-electron chi connectivity index (χ1n) is 5.41. The predicted molar refractivity (Wildman–Crippen MR) is 62.9 cm³/mol. The number of hydrogen-bond donors (Lipinski definition) is 1. The highest BCUT2D eigenvalue weighted by Gasteiger charge is 2.32. The molecule has 4 nitrogen and oxygen atoms in total. The van der Waals surface area contributed by atoms with E-state index in [9.17, 15) is 8.42 Å². The van der Waals surface area contributed by atoms with Gasteiger partial charge in [0.25, 0.3) is 10.0 Å². The Bertz CT molecular complexity index is 470. The Hall–Kier alpha value is -1.23. The number of fused-ring (bicyclic) bond motifs is 1. The van der Waals surface area contributed by atoms with E-state index in [1.807, 2.05) is 13.0 Å². The molecule has 0 aromatic heterocycles. The Morgan fingerprint density at radius 2 is 2.12 bits per heavy atom. The maximum atomic E-state index is 11.8. The van der Waals surface area contributed by atoms with Crippen molar-refractivity contribution in [3.05, 3.63) is 24.3 Å². The summed E-state index contributed by atoms with van der Waals surface area (Å²) in [5.74, 6) is 0.610. The third-order valence-corrected chi connectivity index (χ3v) is 4.07. The first kappa shape index (κ1) is 11.3. The van der Waals surface area contributed by atoms with Gasteiger partial charge in [0, 0.05) is 6.42 Å². The first-order valence-corrected chi connectivity index (χ1v) is 6.95. The molecule has 5 heteroatoms. The van der Waals surface area contributed by atoms with Crippen LogP contribution < -0.4 is 9.46 Å². The first-order chi connectivity index (χ1) is 7.63. The summed E-state index contributed by atoms with van der Waals surface area (Å²) < 4.78 is 31.7. The molecule has 2 rings (SSSR count). The second-order valence-corrected chi connectivity index (χ2v) is 5.65. The lowest BCUT2D eigenvalue weighted by molar-refractivity contribution is 0.256. The van der Waals surface area contributed by atoms with E-state index < -0.39 is 15.5 Å². The van der Waals surface area contributed by atoms with E-state index in [-0.39, 0.29) is 0 Å². The van der Waals surface area contributed by atoms with Crippen LogP contribution in [0.15, 0.2) is 24.3 Å². The van der Waals surface area contributed by atoms with Gasteiger partial charge in [-0.2, -0.15) is 0 Å². The number of anilines is 1. The molecule has 0 saturated heterocycles. The fourth-order valence-electron chi connectivity index (χ4n) is 1.66. The number of sulfonamides is 1. The van der Waals surface area contributed by atoms with E-state index in [1.165, 1.54) is 0 Å². The van der Waals surface area contributed by atoms with E-state index in [0.717, 1.165) is 12.8 Å². The van der Waals surface area contributed by atoms with Crippen LogP contribution in [0.25, 0.3) is 0 Å². The molecule has 1 N–H and O–H groups in total. The quantitative estimate of drug-likeness (QED) is 0.883. The van der Waals surface area contributed by atoms with Crippen LogP contribution >= 0.6 is 0 Å². The van der Waals surface area contributed by atoms with Crippen molar-refractivity contribution in [1.29, 1.82) is 0 Å². The highest BCUT2D eigenvalue weighted by atomic mass is 32.2. The summed E-state index contributed by atoms with van der Waals surface area (Å²) in [5, 5.41) is 0. The van der Waals surface area contributed by atoms with Crippen molar-refractivity contribution in [3.63, 3.8) is 0 Å². The van der Waals surface area contributed by atoms with Crippen LogP contribution in [-0.2, 0) is 10.0 Å². The standard InChI is InChI=1S/C11H15NO3S/c1-2-3-8-11-15-10-7-5-4-6-9(10)12-16(11,13)14/h4-7,11-12H,2-3,8H2,1H3. The molecule has 1 heterocycles. The number of para-hydroxylation sites is 2. The normalized spacial score (nSPS) is 21.7. The molecule has 0 aliphatic carbocycles. The van der Waals surface area contributed by atoms with Crippen molar-refractivity contribution in [2.24, 2.45) is 0 Å². The van der Waals surface area contributed by atoms with Crippen LogP contribution in [0, 0.1) is 0 Å². The van der Waals surface area contributed by atoms with Gasteiger partial charge >= 0.3 is 0 Å². The average molecular weight is 241 g/mol. The molecule has 88 valence electrons. The van der Waals surface area contributed by atoms with Crippen molar-refractivity contribution in [2.45, 2.75) is 31.6 Å². The largest absolute Gasteiger partial charge is 0.470 e. The summed E-state index contributed by atoms with van der Waals surface area (Å²) in [7, 11) is -3.38. The fourth-order valence-corrected chi connectivity index (χ4v) is 2.98. The third-order valence-electron chi connectivity index (χ3n) is 2.54. The van der Waals surface area contributed by atoms with E-state index in [0.29, 0.717) is 17.9 Å². The Morgan fingerprint density at radius 1 is 1.38 bits per heavy atom. The van der Waals surface area contributed by atoms with Gasteiger partial charge in [0.2, 0.25) is 5.44 Å². The zero-order valence-corrected chi connectivity index (χ0v) is 9.96. The number of ether oxygens (including phenoxy) is 1. The molecule has 1 aromatic carbocycles. The lowest BCUT2D eigenvalue weighted by Gasteiger charge is -2.26. The molecule has 0 saturated carbocycles. The van der Waals surface area contributed by atoms with Crippen LogP contribution in [0.3, 0.4) is 0 Å². The molecule has 1 aliphatic rings. The fraction of sp³-hybridized carbons (Fsp3) is 0.455. The summed E-state index contributed by atoms with van der Waals surface area (Å²) in [5.41, 5.74) is -0.238. The molecule has 0 amide bonds. The van der Waals surface area contributed by atoms with Gasteiger partial charge in [0.15, 0.2) is 0 Å². The maximum absolute atomic E-state index is 11.8. The van der Waals surface area contributed by atoms with Crippen molar-refractivity contribution in [3.8, 4) is 5.75 Å². The zero-order valence-electron chi connectivity index (χ0n) is 9.14. The molecule has 0 radical (unpaired) electrons. The van der Waals surface area contributed by atoms with E-state index in [2.05, 4.69) is 4.72 Å². The number of rotatable bonds is 3.